The maximum absolute atomic E-state index is 13.5. The molecule has 1 aromatic heterocycles. The fraction of sp³-hybridized carbons (Fsp3) is 0.476. The van der Waals surface area contributed by atoms with E-state index in [0.717, 1.165) is 7.11 Å². The molecule has 172 valence electrons. The van der Waals surface area contributed by atoms with Gasteiger partial charge in [-0.2, -0.15) is 0 Å². The zero-order valence-electron chi connectivity index (χ0n) is 18.7. The van der Waals surface area contributed by atoms with Gasteiger partial charge in [-0.25, -0.2) is 9.18 Å². The molecule has 2 unspecified atom stereocenters. The fourth-order valence-electron chi connectivity index (χ4n) is 2.71. The lowest BCUT2D eigenvalue weighted by molar-refractivity contribution is 0.0583. The summed E-state index contributed by atoms with van der Waals surface area (Å²) in [6.45, 7) is 6.58. The molecule has 2 atom stereocenters. The third-order valence-electron chi connectivity index (χ3n) is 4.41. The summed E-state index contributed by atoms with van der Waals surface area (Å²) in [7, 11) is 2.37. The van der Waals surface area contributed by atoms with E-state index in [9.17, 15) is 18.8 Å². The molecule has 0 aliphatic rings. The smallest absolute Gasteiger partial charge is 0.360 e. The SMILES string of the molecule is CC/C(CNC(=O)c1cn(NC(C)/C=C\C(C)N)c(C(=O)OC)c(OC)c1=O)=C(\C)F. The third-order valence-corrected chi connectivity index (χ3v) is 4.41. The Labute approximate surface area is 181 Å². The number of amides is 1. The van der Waals surface area contributed by atoms with Gasteiger partial charge in [-0.3, -0.25) is 14.3 Å². The summed E-state index contributed by atoms with van der Waals surface area (Å²) in [5, 5.41) is 2.53. The van der Waals surface area contributed by atoms with Crippen LogP contribution in [0.25, 0.3) is 0 Å². The van der Waals surface area contributed by atoms with Crippen LogP contribution < -0.4 is 26.6 Å². The predicted octanol–water partition coefficient (Wildman–Crippen LogP) is 1.86. The third kappa shape index (κ3) is 6.95. The summed E-state index contributed by atoms with van der Waals surface area (Å²) < 4.78 is 24.6. The van der Waals surface area contributed by atoms with Crippen LogP contribution in [0, 0.1) is 0 Å². The van der Waals surface area contributed by atoms with Crippen LogP contribution in [0.1, 0.15) is 55.0 Å². The van der Waals surface area contributed by atoms with E-state index < -0.39 is 23.1 Å². The van der Waals surface area contributed by atoms with Gasteiger partial charge < -0.3 is 25.9 Å². The summed E-state index contributed by atoms with van der Waals surface area (Å²) in [6, 6.07) is -0.518. The Morgan fingerprint density at radius 2 is 1.94 bits per heavy atom. The molecular weight excluding hydrogens is 407 g/mol. The monoisotopic (exact) mass is 438 g/mol. The number of carbonyl (C=O) groups excluding carboxylic acids is 2. The van der Waals surface area contributed by atoms with Gasteiger partial charge in [0.25, 0.3) is 5.91 Å². The van der Waals surface area contributed by atoms with Crippen LogP contribution in [0.4, 0.5) is 4.39 Å². The molecule has 1 rings (SSSR count). The van der Waals surface area contributed by atoms with E-state index in [4.69, 9.17) is 15.2 Å². The van der Waals surface area contributed by atoms with E-state index in [2.05, 4.69) is 10.7 Å². The molecule has 0 saturated carbocycles. The van der Waals surface area contributed by atoms with Crippen LogP contribution in [0.2, 0.25) is 0 Å². The van der Waals surface area contributed by atoms with Crippen molar-refractivity contribution < 1.29 is 23.5 Å². The minimum atomic E-state index is -0.832. The van der Waals surface area contributed by atoms with E-state index in [1.165, 1.54) is 24.9 Å². The second-order valence-corrected chi connectivity index (χ2v) is 6.95. The number of ether oxygens (including phenoxy) is 2. The standard InChI is InChI=1S/C21H31FN4O5/c1-7-15(14(4)22)10-24-20(28)16-11-26(25-13(3)9-8-12(2)23)17(21(29)31-6)19(30-5)18(16)27/h8-9,11-13,25H,7,10,23H2,1-6H3,(H,24,28)/b9-8-,15-14-. The number of nitrogens with one attached hydrogen (secondary N) is 2. The lowest BCUT2D eigenvalue weighted by Gasteiger charge is -2.21. The highest BCUT2D eigenvalue weighted by Gasteiger charge is 2.26. The molecule has 1 amide bonds. The Kier molecular flexibility index (Phi) is 9.94. The average molecular weight is 439 g/mol. The van der Waals surface area contributed by atoms with Crippen LogP contribution >= 0.6 is 0 Å². The number of hydrogen-bond acceptors (Lipinski definition) is 7. The van der Waals surface area contributed by atoms with Crippen LogP contribution in [-0.2, 0) is 4.74 Å². The fourth-order valence-corrected chi connectivity index (χ4v) is 2.71. The number of nitrogens with two attached hydrogens (primary N) is 1. The van der Waals surface area contributed by atoms with Crippen LogP contribution in [0.15, 0.2) is 34.5 Å². The number of pyridine rings is 1. The summed E-state index contributed by atoms with van der Waals surface area (Å²) in [5.41, 5.74) is 7.81. The summed E-state index contributed by atoms with van der Waals surface area (Å²) in [5.74, 6) is -2.32. The maximum atomic E-state index is 13.5. The normalized spacial score (nSPS) is 13.9. The number of carbonyl (C=O) groups is 2. The van der Waals surface area contributed by atoms with Gasteiger partial charge >= 0.3 is 5.97 Å². The molecule has 0 aliphatic heterocycles. The molecule has 0 aromatic carbocycles. The van der Waals surface area contributed by atoms with Crippen LogP contribution in [0.3, 0.4) is 0 Å². The molecule has 4 N–H and O–H groups in total. The number of hydrogen-bond donors (Lipinski definition) is 3. The molecule has 0 bridgehead atoms. The molecule has 31 heavy (non-hydrogen) atoms. The minimum Gasteiger partial charge on any atom is -0.490 e. The van der Waals surface area contributed by atoms with Crippen molar-refractivity contribution in [3.8, 4) is 5.75 Å². The van der Waals surface area contributed by atoms with Gasteiger partial charge in [-0.05, 0) is 32.8 Å². The average Bonchev–Trinajstić information content (AvgIpc) is 2.72. The second kappa shape index (κ2) is 11.9. The van der Waals surface area contributed by atoms with Crippen molar-refractivity contribution in [2.24, 2.45) is 5.73 Å². The van der Waals surface area contributed by atoms with E-state index >= 15 is 0 Å². The molecule has 0 radical (unpaired) electrons. The number of nitrogens with zero attached hydrogens (tertiary/aromatic N) is 1. The van der Waals surface area contributed by atoms with Gasteiger partial charge in [0.05, 0.1) is 26.1 Å². The van der Waals surface area contributed by atoms with Gasteiger partial charge in [0.15, 0.2) is 11.4 Å². The molecule has 0 saturated heterocycles. The molecule has 0 fully saturated rings. The number of rotatable bonds is 10. The highest BCUT2D eigenvalue weighted by Crippen LogP contribution is 2.16. The maximum Gasteiger partial charge on any atom is 0.360 e. The van der Waals surface area contributed by atoms with Gasteiger partial charge in [0.2, 0.25) is 5.43 Å². The Balaban J connectivity index is 3.47. The van der Waals surface area contributed by atoms with Gasteiger partial charge in [-0.15, -0.1) is 0 Å². The van der Waals surface area contributed by atoms with Crippen molar-refractivity contribution in [3.05, 3.63) is 51.2 Å². The van der Waals surface area contributed by atoms with Crippen molar-refractivity contribution in [3.63, 3.8) is 0 Å². The Bertz CT molecular complexity index is 917. The van der Waals surface area contributed by atoms with E-state index in [1.807, 2.05) is 0 Å². The molecule has 1 heterocycles. The van der Waals surface area contributed by atoms with Crippen LogP contribution in [-0.4, -0.2) is 49.4 Å². The van der Waals surface area contributed by atoms with Crippen molar-refractivity contribution in [2.45, 2.75) is 46.2 Å². The first-order chi connectivity index (χ1) is 14.6. The largest absolute Gasteiger partial charge is 0.490 e. The molecule has 9 nitrogen and oxygen atoms in total. The first-order valence-corrected chi connectivity index (χ1v) is 9.81. The van der Waals surface area contributed by atoms with Gasteiger partial charge in [-0.1, -0.05) is 19.1 Å². The summed E-state index contributed by atoms with van der Waals surface area (Å²) in [4.78, 5) is 37.8. The number of esters is 1. The second-order valence-electron chi connectivity index (χ2n) is 6.95. The van der Waals surface area contributed by atoms with Crippen molar-refractivity contribution in [2.75, 3.05) is 26.2 Å². The highest BCUT2D eigenvalue weighted by atomic mass is 19.1. The highest BCUT2D eigenvalue weighted by molar-refractivity contribution is 5.97. The van der Waals surface area contributed by atoms with Gasteiger partial charge in [0, 0.05) is 18.8 Å². The van der Waals surface area contributed by atoms with E-state index in [-0.39, 0.29) is 35.6 Å². The number of allylic oxidation sites excluding steroid dienone is 1. The summed E-state index contributed by atoms with van der Waals surface area (Å²) >= 11 is 0. The van der Waals surface area contributed by atoms with Crippen LogP contribution in [0.5, 0.6) is 5.75 Å². The summed E-state index contributed by atoms with van der Waals surface area (Å²) in [6.07, 6.45) is 5.10. The molecule has 0 aliphatic carbocycles. The Morgan fingerprint density at radius 1 is 1.29 bits per heavy atom. The zero-order valence-corrected chi connectivity index (χ0v) is 18.7. The first-order valence-electron chi connectivity index (χ1n) is 9.81. The number of methoxy groups -OCH3 is 2. The lowest BCUT2D eigenvalue weighted by atomic mass is 10.1. The van der Waals surface area contributed by atoms with Gasteiger partial charge in [0.1, 0.15) is 5.56 Å². The van der Waals surface area contributed by atoms with E-state index in [0.29, 0.717) is 12.0 Å². The quantitative estimate of drug-likeness (QED) is 0.376. The molecule has 0 spiro atoms. The first kappa shape index (κ1) is 25.9. The molecule has 10 heteroatoms. The molecule has 1 aromatic rings. The Morgan fingerprint density at radius 3 is 2.42 bits per heavy atom. The number of halogens is 1. The lowest BCUT2D eigenvalue weighted by Crippen LogP contribution is -2.36. The van der Waals surface area contributed by atoms with Crippen molar-refractivity contribution >= 4 is 11.9 Å². The van der Waals surface area contributed by atoms with Crippen molar-refractivity contribution in [1.29, 1.82) is 0 Å². The minimum absolute atomic E-state index is 0.0564. The van der Waals surface area contributed by atoms with E-state index in [1.54, 1.807) is 32.9 Å². The van der Waals surface area contributed by atoms with Crippen molar-refractivity contribution in [1.82, 2.24) is 9.99 Å². The predicted molar refractivity (Wildman–Crippen MR) is 117 cm³/mol. The zero-order chi connectivity index (χ0) is 23.7. The molecular formula is C21H31FN4O5. The Hall–Kier alpha value is -3.14. The number of aromatic nitrogens is 1. The topological polar surface area (TPSA) is 125 Å².